The fourth-order valence-electron chi connectivity index (χ4n) is 3.51. The molecule has 0 spiro atoms. The van der Waals surface area contributed by atoms with E-state index in [1.165, 1.54) is 35.5 Å². The number of sulfonamides is 1. The maximum absolute atomic E-state index is 12.9. The predicted molar refractivity (Wildman–Crippen MR) is 127 cm³/mol. The van der Waals surface area contributed by atoms with Gasteiger partial charge in [-0.1, -0.05) is 12.1 Å². The van der Waals surface area contributed by atoms with Crippen LogP contribution in [0.2, 0.25) is 0 Å². The lowest BCUT2D eigenvalue weighted by Gasteiger charge is -2.33. The summed E-state index contributed by atoms with van der Waals surface area (Å²) in [5.41, 5.74) is 1.42. The van der Waals surface area contributed by atoms with Gasteiger partial charge in [0.2, 0.25) is 15.9 Å². The van der Waals surface area contributed by atoms with E-state index in [2.05, 4.69) is 5.32 Å². The van der Waals surface area contributed by atoms with E-state index in [1.807, 2.05) is 4.90 Å². The Balaban J connectivity index is 1.50. The molecule has 0 aromatic heterocycles. The molecule has 9 nitrogen and oxygen atoms in total. The third kappa shape index (κ3) is 6.49. The molecule has 0 radical (unpaired) electrons. The van der Waals surface area contributed by atoms with Gasteiger partial charge >= 0.3 is 5.97 Å². The van der Waals surface area contributed by atoms with Gasteiger partial charge in [0.15, 0.2) is 5.78 Å². The number of carbonyl (C=O) groups excluding carboxylic acids is 3. The topological polar surface area (TPSA) is 113 Å². The summed E-state index contributed by atoms with van der Waals surface area (Å²) >= 11 is 0. The highest BCUT2D eigenvalue weighted by Gasteiger charge is 2.29. The molecule has 2 aromatic carbocycles. The Morgan fingerprint density at radius 1 is 0.912 bits per heavy atom. The Morgan fingerprint density at radius 2 is 1.47 bits per heavy atom. The van der Waals surface area contributed by atoms with E-state index in [4.69, 9.17) is 4.74 Å². The van der Waals surface area contributed by atoms with Gasteiger partial charge in [-0.15, -0.1) is 0 Å². The molecule has 34 heavy (non-hydrogen) atoms. The lowest BCUT2D eigenvalue weighted by Crippen LogP contribution is -2.50. The highest BCUT2D eigenvalue weighted by atomic mass is 32.2. The lowest BCUT2D eigenvalue weighted by molar-refractivity contribution is -0.117. The Bertz CT molecular complexity index is 1140. The van der Waals surface area contributed by atoms with E-state index in [9.17, 15) is 22.8 Å². The third-order valence-electron chi connectivity index (χ3n) is 5.34. The van der Waals surface area contributed by atoms with Gasteiger partial charge in [0.25, 0.3) is 0 Å². The number of nitrogens with zero attached hydrogens (tertiary/aromatic N) is 2. The predicted octanol–water partition coefficient (Wildman–Crippen LogP) is 2.40. The first-order valence-corrected chi connectivity index (χ1v) is 12.4. The van der Waals surface area contributed by atoms with E-state index in [1.54, 1.807) is 38.1 Å². The molecule has 1 saturated heterocycles. The minimum atomic E-state index is -3.67. The SMILES string of the molecule is CC(=O)c1ccc(S(=O)(=O)N2CCN(CC(=O)Nc3ccc(C(=O)OC(C)C)cc3)CC2)cc1. The molecule has 0 bridgehead atoms. The molecular weight excluding hydrogens is 458 g/mol. The van der Waals surface area contributed by atoms with Crippen molar-refractivity contribution in [3.05, 3.63) is 59.7 Å². The van der Waals surface area contributed by atoms with Crippen molar-refractivity contribution in [3.8, 4) is 0 Å². The van der Waals surface area contributed by atoms with E-state index < -0.39 is 16.0 Å². The molecule has 0 saturated carbocycles. The molecule has 1 heterocycles. The first kappa shape index (κ1) is 25.5. The van der Waals surface area contributed by atoms with E-state index in [-0.39, 0.29) is 42.3 Å². The zero-order valence-electron chi connectivity index (χ0n) is 19.5. The van der Waals surface area contributed by atoms with Crippen LogP contribution in [-0.4, -0.2) is 74.1 Å². The summed E-state index contributed by atoms with van der Waals surface area (Å²) in [6.07, 6.45) is -0.213. The van der Waals surface area contributed by atoms with Crippen molar-refractivity contribution < 1.29 is 27.5 Å². The Kier molecular flexibility index (Phi) is 8.19. The number of esters is 1. The van der Waals surface area contributed by atoms with Gasteiger partial charge in [-0.25, -0.2) is 13.2 Å². The average Bonchev–Trinajstić information content (AvgIpc) is 2.79. The van der Waals surface area contributed by atoms with Crippen LogP contribution >= 0.6 is 0 Å². The molecule has 1 aliphatic heterocycles. The summed E-state index contributed by atoms with van der Waals surface area (Å²) in [6, 6.07) is 12.4. The molecule has 0 unspecified atom stereocenters. The fourth-order valence-corrected chi connectivity index (χ4v) is 4.94. The number of ether oxygens (including phenoxy) is 1. The van der Waals surface area contributed by atoms with Crippen LogP contribution < -0.4 is 5.32 Å². The minimum Gasteiger partial charge on any atom is -0.459 e. The molecule has 0 aliphatic carbocycles. The van der Waals surface area contributed by atoms with E-state index in [0.29, 0.717) is 29.9 Å². The Morgan fingerprint density at radius 3 is 2.00 bits per heavy atom. The first-order chi connectivity index (χ1) is 16.1. The van der Waals surface area contributed by atoms with Gasteiger partial charge in [-0.3, -0.25) is 14.5 Å². The second kappa shape index (κ2) is 10.9. The number of hydrogen-bond acceptors (Lipinski definition) is 7. The summed E-state index contributed by atoms with van der Waals surface area (Å²) < 4.78 is 32.3. The van der Waals surface area contributed by atoms with Crippen LogP contribution in [0.25, 0.3) is 0 Å². The van der Waals surface area contributed by atoms with E-state index >= 15 is 0 Å². The van der Waals surface area contributed by atoms with Crippen LogP contribution in [0.1, 0.15) is 41.5 Å². The summed E-state index contributed by atoms with van der Waals surface area (Å²) in [4.78, 5) is 37.8. The number of Topliss-reactive ketones (excluding diaryl/α,β-unsaturated/α-hetero) is 1. The number of hydrogen-bond donors (Lipinski definition) is 1. The number of amides is 1. The molecule has 1 aliphatic rings. The monoisotopic (exact) mass is 487 g/mol. The van der Waals surface area contributed by atoms with Crippen molar-refractivity contribution in [2.45, 2.75) is 31.8 Å². The van der Waals surface area contributed by atoms with Crippen LogP contribution in [0, 0.1) is 0 Å². The molecule has 3 rings (SSSR count). The van der Waals surface area contributed by atoms with E-state index in [0.717, 1.165) is 0 Å². The van der Waals surface area contributed by atoms with Crippen molar-refractivity contribution >= 4 is 33.4 Å². The molecule has 0 atom stereocenters. The second-order valence-electron chi connectivity index (χ2n) is 8.34. The molecule has 1 amide bonds. The van der Waals surface area contributed by atoms with Crippen molar-refractivity contribution in [3.63, 3.8) is 0 Å². The van der Waals surface area contributed by atoms with Gasteiger partial charge in [0.05, 0.1) is 23.1 Å². The Hall–Kier alpha value is -3.08. The van der Waals surface area contributed by atoms with Gasteiger partial charge in [0.1, 0.15) is 0 Å². The molecule has 182 valence electrons. The minimum absolute atomic E-state index is 0.123. The zero-order chi connectivity index (χ0) is 24.9. The van der Waals surface area contributed by atoms with Crippen molar-refractivity contribution in [2.24, 2.45) is 0 Å². The smallest absolute Gasteiger partial charge is 0.338 e. The largest absolute Gasteiger partial charge is 0.459 e. The Labute approximate surface area is 199 Å². The summed E-state index contributed by atoms with van der Waals surface area (Å²) in [6.45, 7) is 6.45. The van der Waals surface area contributed by atoms with Crippen LogP contribution in [0.15, 0.2) is 53.4 Å². The maximum atomic E-state index is 12.9. The number of carbonyl (C=O) groups is 3. The van der Waals surface area contributed by atoms with Crippen molar-refractivity contribution in [1.29, 1.82) is 0 Å². The molecule has 1 fully saturated rings. The van der Waals surface area contributed by atoms with Crippen LogP contribution in [-0.2, 0) is 19.6 Å². The quantitative estimate of drug-likeness (QED) is 0.449. The lowest BCUT2D eigenvalue weighted by atomic mass is 10.2. The molecule has 1 N–H and O–H groups in total. The van der Waals surface area contributed by atoms with Crippen LogP contribution in [0.3, 0.4) is 0 Å². The number of benzene rings is 2. The number of piperazine rings is 1. The number of rotatable bonds is 8. The van der Waals surface area contributed by atoms with Gasteiger partial charge < -0.3 is 10.1 Å². The standard InChI is InChI=1S/C24H29N3O6S/c1-17(2)33-24(30)20-4-8-21(9-5-20)25-23(29)16-26-12-14-27(15-13-26)34(31,32)22-10-6-19(7-11-22)18(3)28/h4-11,17H,12-16H2,1-3H3,(H,25,29). The third-order valence-corrected chi connectivity index (χ3v) is 7.26. The molecule has 10 heteroatoms. The second-order valence-corrected chi connectivity index (χ2v) is 10.3. The molecule has 2 aromatic rings. The average molecular weight is 488 g/mol. The van der Waals surface area contributed by atoms with Gasteiger partial charge in [-0.2, -0.15) is 4.31 Å². The molecular formula is C24H29N3O6S. The first-order valence-electron chi connectivity index (χ1n) is 11.0. The fraction of sp³-hybridized carbons (Fsp3) is 0.375. The maximum Gasteiger partial charge on any atom is 0.338 e. The summed E-state index contributed by atoms with van der Waals surface area (Å²) in [5.74, 6) is -0.774. The van der Waals surface area contributed by atoms with Crippen molar-refractivity contribution in [1.82, 2.24) is 9.21 Å². The normalized spacial score (nSPS) is 15.2. The van der Waals surface area contributed by atoms with Crippen LogP contribution in [0.4, 0.5) is 5.69 Å². The van der Waals surface area contributed by atoms with Gasteiger partial charge in [0, 0.05) is 37.4 Å². The summed E-state index contributed by atoms with van der Waals surface area (Å²) in [7, 11) is -3.67. The number of nitrogens with one attached hydrogen (secondary N) is 1. The zero-order valence-corrected chi connectivity index (χ0v) is 20.3. The van der Waals surface area contributed by atoms with Crippen molar-refractivity contribution in [2.75, 3.05) is 38.0 Å². The highest BCUT2D eigenvalue weighted by molar-refractivity contribution is 7.89. The summed E-state index contributed by atoms with van der Waals surface area (Å²) in [5, 5.41) is 2.79. The number of anilines is 1. The number of ketones is 1. The van der Waals surface area contributed by atoms with Gasteiger partial charge in [-0.05, 0) is 57.2 Å². The van der Waals surface area contributed by atoms with Crippen LogP contribution in [0.5, 0.6) is 0 Å². The highest BCUT2D eigenvalue weighted by Crippen LogP contribution is 2.19.